The van der Waals surface area contributed by atoms with E-state index in [2.05, 4.69) is 5.32 Å². The summed E-state index contributed by atoms with van der Waals surface area (Å²) < 4.78 is 31.9. The first-order valence-corrected chi connectivity index (χ1v) is 8.20. The number of hydrogen-bond donors (Lipinski definition) is 1. The van der Waals surface area contributed by atoms with Crippen molar-refractivity contribution in [3.8, 4) is 0 Å². The lowest BCUT2D eigenvalue weighted by atomic mass is 10.3. The third-order valence-corrected chi connectivity index (χ3v) is 5.38. The minimum atomic E-state index is -3.48. The smallest absolute Gasteiger partial charge is 0.243 e. The summed E-state index contributed by atoms with van der Waals surface area (Å²) in [5, 5.41) is 2.97. The number of nitrogens with zero attached hydrogens (tertiary/aromatic N) is 1. The summed E-state index contributed by atoms with van der Waals surface area (Å²) in [5.41, 5.74) is 0.885. The Bertz CT molecular complexity index is 500. The van der Waals surface area contributed by atoms with Crippen LogP contribution in [0.25, 0.3) is 0 Å². The molecule has 1 aromatic carbocycles. The molecule has 1 rings (SSSR count). The number of methoxy groups -OCH3 is 1. The molecule has 1 aromatic rings. The van der Waals surface area contributed by atoms with Crippen LogP contribution in [0.5, 0.6) is 0 Å². The van der Waals surface area contributed by atoms with Crippen molar-refractivity contribution < 1.29 is 13.2 Å². The Kier molecular flexibility index (Phi) is 6.45. The van der Waals surface area contributed by atoms with E-state index in [0.29, 0.717) is 18.0 Å². The second-order valence-electron chi connectivity index (χ2n) is 4.64. The second-order valence-corrected chi connectivity index (χ2v) is 6.53. The van der Waals surface area contributed by atoms with Gasteiger partial charge in [-0.05, 0) is 37.6 Å². The van der Waals surface area contributed by atoms with E-state index >= 15 is 0 Å². The van der Waals surface area contributed by atoms with E-state index in [0.717, 1.165) is 12.1 Å². The van der Waals surface area contributed by atoms with Crippen LogP contribution in [-0.2, 0) is 14.8 Å². The van der Waals surface area contributed by atoms with Gasteiger partial charge in [0.25, 0.3) is 0 Å². The van der Waals surface area contributed by atoms with E-state index in [1.54, 1.807) is 38.4 Å². The fourth-order valence-corrected chi connectivity index (χ4v) is 3.58. The van der Waals surface area contributed by atoms with Crippen LogP contribution >= 0.6 is 0 Å². The van der Waals surface area contributed by atoms with E-state index in [-0.39, 0.29) is 6.04 Å². The van der Waals surface area contributed by atoms with Gasteiger partial charge in [0.2, 0.25) is 10.0 Å². The first-order valence-electron chi connectivity index (χ1n) is 6.76. The van der Waals surface area contributed by atoms with Gasteiger partial charge in [-0.15, -0.1) is 0 Å². The highest BCUT2D eigenvalue weighted by molar-refractivity contribution is 7.89. The van der Waals surface area contributed by atoms with Gasteiger partial charge in [-0.2, -0.15) is 4.31 Å². The number of rotatable bonds is 8. The fraction of sp³-hybridized carbons (Fsp3) is 0.571. The second kappa shape index (κ2) is 7.61. The van der Waals surface area contributed by atoms with Crippen LogP contribution in [0.4, 0.5) is 5.69 Å². The molecule has 0 saturated carbocycles. The maximum atomic E-state index is 12.7. The molecule has 20 heavy (non-hydrogen) atoms. The molecule has 0 aliphatic carbocycles. The van der Waals surface area contributed by atoms with Crippen molar-refractivity contribution in [1.82, 2.24) is 4.31 Å². The molecule has 0 aliphatic heterocycles. The van der Waals surface area contributed by atoms with Crippen LogP contribution in [0.2, 0.25) is 0 Å². The Hall–Kier alpha value is -1.11. The van der Waals surface area contributed by atoms with Gasteiger partial charge in [0.1, 0.15) is 0 Å². The molecule has 1 N–H and O–H groups in total. The number of anilines is 1. The van der Waals surface area contributed by atoms with Crippen molar-refractivity contribution in [2.45, 2.75) is 31.2 Å². The quantitative estimate of drug-likeness (QED) is 0.799. The molecule has 0 aromatic heterocycles. The Morgan fingerprint density at radius 1 is 1.30 bits per heavy atom. The molecule has 0 amide bonds. The lowest BCUT2D eigenvalue weighted by Gasteiger charge is -2.27. The Morgan fingerprint density at radius 2 is 1.90 bits per heavy atom. The average Bonchev–Trinajstić information content (AvgIpc) is 2.47. The van der Waals surface area contributed by atoms with Gasteiger partial charge in [0.05, 0.1) is 11.5 Å². The SMILES string of the molecule is CCC(C)N(CCOC)S(=O)(=O)c1ccc(NC)cc1. The molecule has 1 unspecified atom stereocenters. The number of sulfonamides is 1. The number of benzene rings is 1. The van der Waals surface area contributed by atoms with Crippen molar-refractivity contribution in [2.75, 3.05) is 32.6 Å². The highest BCUT2D eigenvalue weighted by Gasteiger charge is 2.27. The molecule has 0 radical (unpaired) electrons. The standard InChI is InChI=1S/C14H24N2O3S/c1-5-12(2)16(10-11-19-4)20(17,18)14-8-6-13(15-3)7-9-14/h6-9,12,15H,5,10-11H2,1-4H3. The van der Waals surface area contributed by atoms with Crippen molar-refractivity contribution in [3.05, 3.63) is 24.3 Å². The van der Waals surface area contributed by atoms with E-state index in [1.165, 1.54) is 4.31 Å². The molecule has 5 nitrogen and oxygen atoms in total. The predicted molar refractivity (Wildman–Crippen MR) is 81.5 cm³/mol. The molecule has 1 atom stereocenters. The summed E-state index contributed by atoms with van der Waals surface area (Å²) in [6, 6.07) is 6.72. The van der Waals surface area contributed by atoms with Crippen molar-refractivity contribution in [1.29, 1.82) is 0 Å². The van der Waals surface area contributed by atoms with Gasteiger partial charge in [-0.3, -0.25) is 0 Å². The van der Waals surface area contributed by atoms with Crippen molar-refractivity contribution in [3.63, 3.8) is 0 Å². The Morgan fingerprint density at radius 3 is 2.35 bits per heavy atom. The zero-order valence-electron chi connectivity index (χ0n) is 12.6. The van der Waals surface area contributed by atoms with Gasteiger partial charge in [-0.1, -0.05) is 6.92 Å². The maximum absolute atomic E-state index is 12.7. The molecule has 0 aliphatic rings. The predicted octanol–water partition coefficient (Wildman–Crippen LogP) is 2.16. The van der Waals surface area contributed by atoms with Crippen LogP contribution in [-0.4, -0.2) is 46.1 Å². The highest BCUT2D eigenvalue weighted by atomic mass is 32.2. The van der Waals surface area contributed by atoms with Gasteiger partial charge >= 0.3 is 0 Å². The number of hydrogen-bond acceptors (Lipinski definition) is 4. The van der Waals surface area contributed by atoms with Crippen LogP contribution in [0.1, 0.15) is 20.3 Å². The minimum Gasteiger partial charge on any atom is -0.388 e. The summed E-state index contributed by atoms with van der Waals surface area (Å²) in [6.07, 6.45) is 0.761. The third kappa shape index (κ3) is 3.94. The van der Waals surface area contributed by atoms with Crippen LogP contribution in [0.3, 0.4) is 0 Å². The average molecular weight is 300 g/mol. The minimum absolute atomic E-state index is 0.0564. The summed E-state index contributed by atoms with van der Waals surface area (Å²) >= 11 is 0. The fourth-order valence-electron chi connectivity index (χ4n) is 1.89. The molecule has 0 saturated heterocycles. The molecular formula is C14H24N2O3S. The van der Waals surface area contributed by atoms with E-state index in [1.807, 2.05) is 13.8 Å². The lowest BCUT2D eigenvalue weighted by molar-refractivity contribution is 0.167. The number of nitrogens with one attached hydrogen (secondary N) is 1. The summed E-state index contributed by atoms with van der Waals surface area (Å²) in [4.78, 5) is 0.313. The van der Waals surface area contributed by atoms with E-state index < -0.39 is 10.0 Å². The lowest BCUT2D eigenvalue weighted by Crippen LogP contribution is -2.40. The molecule has 0 heterocycles. The van der Waals surface area contributed by atoms with Crippen LogP contribution in [0.15, 0.2) is 29.2 Å². The Labute approximate surface area is 122 Å². The molecule has 0 spiro atoms. The largest absolute Gasteiger partial charge is 0.388 e. The third-order valence-electron chi connectivity index (χ3n) is 3.35. The molecule has 0 fully saturated rings. The molecule has 6 heteroatoms. The van der Waals surface area contributed by atoms with Gasteiger partial charge in [-0.25, -0.2) is 8.42 Å². The molecular weight excluding hydrogens is 276 g/mol. The maximum Gasteiger partial charge on any atom is 0.243 e. The number of ether oxygens (including phenoxy) is 1. The zero-order chi connectivity index (χ0) is 15.2. The van der Waals surface area contributed by atoms with E-state index in [9.17, 15) is 8.42 Å². The monoisotopic (exact) mass is 300 g/mol. The van der Waals surface area contributed by atoms with Crippen molar-refractivity contribution in [2.24, 2.45) is 0 Å². The summed E-state index contributed by atoms with van der Waals surface area (Å²) in [7, 11) is -0.112. The van der Waals surface area contributed by atoms with E-state index in [4.69, 9.17) is 4.74 Å². The summed E-state index contributed by atoms with van der Waals surface area (Å²) in [6.45, 7) is 4.64. The van der Waals surface area contributed by atoms with Gasteiger partial charge < -0.3 is 10.1 Å². The van der Waals surface area contributed by atoms with Crippen LogP contribution < -0.4 is 5.32 Å². The Balaban J connectivity index is 3.07. The topological polar surface area (TPSA) is 58.6 Å². The highest BCUT2D eigenvalue weighted by Crippen LogP contribution is 2.21. The first-order chi connectivity index (χ1) is 9.47. The molecule has 114 valence electrons. The van der Waals surface area contributed by atoms with Gasteiger partial charge in [0.15, 0.2) is 0 Å². The summed E-state index contributed by atoms with van der Waals surface area (Å²) in [5.74, 6) is 0. The first kappa shape index (κ1) is 16.9. The zero-order valence-corrected chi connectivity index (χ0v) is 13.4. The van der Waals surface area contributed by atoms with Crippen molar-refractivity contribution >= 4 is 15.7 Å². The molecule has 0 bridgehead atoms. The van der Waals surface area contributed by atoms with Crippen LogP contribution in [0, 0.1) is 0 Å². The normalized spacial score (nSPS) is 13.4. The van der Waals surface area contributed by atoms with Gasteiger partial charge in [0, 0.05) is 32.4 Å².